The summed E-state index contributed by atoms with van der Waals surface area (Å²) in [5, 5.41) is 0. The predicted octanol–water partition coefficient (Wildman–Crippen LogP) is 20.9. The number of carbonyl (C=O) groups excluding carboxylic acids is 3. The van der Waals surface area contributed by atoms with Crippen LogP contribution in [0.2, 0.25) is 0 Å². The van der Waals surface area contributed by atoms with E-state index in [4.69, 9.17) is 14.2 Å². The van der Waals surface area contributed by atoms with Gasteiger partial charge < -0.3 is 14.2 Å². The predicted molar refractivity (Wildman–Crippen MR) is 316 cm³/mol. The molecule has 0 N–H and O–H groups in total. The second-order valence-corrected chi connectivity index (χ2v) is 20.2. The van der Waals surface area contributed by atoms with Crippen LogP contribution in [0.25, 0.3) is 0 Å². The van der Waals surface area contributed by atoms with Crippen molar-refractivity contribution in [2.24, 2.45) is 0 Å². The van der Waals surface area contributed by atoms with Crippen LogP contribution in [0.3, 0.4) is 0 Å². The topological polar surface area (TPSA) is 78.9 Å². The first-order chi connectivity index (χ1) is 36.0. The fourth-order valence-corrected chi connectivity index (χ4v) is 8.48. The average molecular weight is 1020 g/mol. The number of carbonyl (C=O) groups is 3. The molecule has 0 rings (SSSR count). The first-order valence-electron chi connectivity index (χ1n) is 30.7. The zero-order valence-corrected chi connectivity index (χ0v) is 47.9. The van der Waals surface area contributed by atoms with Crippen molar-refractivity contribution in [3.63, 3.8) is 0 Å². The molecule has 0 aromatic rings. The lowest BCUT2D eigenvalue weighted by Gasteiger charge is -2.18. The van der Waals surface area contributed by atoms with Gasteiger partial charge in [0.1, 0.15) is 13.2 Å². The van der Waals surface area contributed by atoms with E-state index in [0.717, 1.165) is 122 Å². The van der Waals surface area contributed by atoms with E-state index in [-0.39, 0.29) is 31.1 Å². The molecule has 0 saturated heterocycles. The van der Waals surface area contributed by atoms with Crippen molar-refractivity contribution in [3.05, 3.63) is 97.2 Å². The van der Waals surface area contributed by atoms with E-state index in [1.165, 1.54) is 128 Å². The number of esters is 3. The monoisotopic (exact) mass is 1010 g/mol. The highest BCUT2D eigenvalue weighted by molar-refractivity contribution is 5.71. The van der Waals surface area contributed by atoms with Crippen LogP contribution >= 0.6 is 0 Å². The lowest BCUT2D eigenvalue weighted by atomic mass is 10.1. The highest BCUT2D eigenvalue weighted by atomic mass is 16.6. The molecule has 0 fully saturated rings. The fraction of sp³-hybridized carbons (Fsp3) is 0.716. The molecule has 0 saturated carbocycles. The van der Waals surface area contributed by atoms with Crippen LogP contribution in [0, 0.1) is 0 Å². The molecule has 0 aliphatic rings. The molecule has 6 nitrogen and oxygen atoms in total. The summed E-state index contributed by atoms with van der Waals surface area (Å²) in [5.41, 5.74) is 0. The van der Waals surface area contributed by atoms with Crippen molar-refractivity contribution >= 4 is 17.9 Å². The van der Waals surface area contributed by atoms with Gasteiger partial charge in [0.2, 0.25) is 0 Å². The minimum absolute atomic E-state index is 0.0796. The molecule has 0 amide bonds. The highest BCUT2D eigenvalue weighted by Gasteiger charge is 2.19. The van der Waals surface area contributed by atoms with Gasteiger partial charge in [0.25, 0.3) is 0 Å². The molecule has 0 radical (unpaired) electrons. The molecule has 0 spiro atoms. The SMILES string of the molecule is CC/C=C\C/C=C\C/C=C\C/C=C\C/C=C\C/C=C\C/C=C\CCCCCCCCCCCC(=O)OCC(COC(=O)CCCCCCCCCCCCC)OC(=O)CCCCCCC/C=C\CCCCCC. The van der Waals surface area contributed by atoms with Crippen LogP contribution in [-0.2, 0) is 28.6 Å². The van der Waals surface area contributed by atoms with Crippen LogP contribution in [-0.4, -0.2) is 37.2 Å². The Kier molecular flexibility index (Phi) is 57.8. The molecule has 0 bridgehead atoms. The van der Waals surface area contributed by atoms with E-state index < -0.39 is 6.10 Å². The van der Waals surface area contributed by atoms with E-state index >= 15 is 0 Å². The first-order valence-corrected chi connectivity index (χ1v) is 30.7. The Balaban J connectivity index is 4.21. The summed E-state index contributed by atoms with van der Waals surface area (Å²) in [7, 11) is 0. The van der Waals surface area contributed by atoms with E-state index in [2.05, 4.69) is 118 Å². The summed E-state index contributed by atoms with van der Waals surface area (Å²) in [6, 6.07) is 0. The third-order valence-electron chi connectivity index (χ3n) is 13.1. The molecule has 73 heavy (non-hydrogen) atoms. The number of rotatable bonds is 55. The Labute approximate surface area is 451 Å². The first kappa shape index (κ1) is 69.3. The van der Waals surface area contributed by atoms with Gasteiger partial charge in [0.05, 0.1) is 0 Å². The Hall–Kier alpha value is -3.67. The normalized spacial score (nSPS) is 12.8. The summed E-state index contributed by atoms with van der Waals surface area (Å²) in [4.78, 5) is 38.1. The summed E-state index contributed by atoms with van der Waals surface area (Å²) in [6.45, 7) is 6.50. The van der Waals surface area contributed by atoms with Crippen molar-refractivity contribution in [2.75, 3.05) is 13.2 Å². The van der Waals surface area contributed by atoms with Crippen LogP contribution in [0.15, 0.2) is 97.2 Å². The maximum Gasteiger partial charge on any atom is 0.306 e. The van der Waals surface area contributed by atoms with Crippen LogP contribution in [0.5, 0.6) is 0 Å². The standard InChI is InChI=1S/C67H114O6/c1-4-7-10-13-16-19-22-24-25-26-27-28-29-30-31-32-33-34-35-36-37-38-39-40-41-43-45-48-51-54-57-60-66(69)72-63-64(62-71-65(68)59-56-53-50-47-44-21-18-15-12-9-6-3)73-67(70)61-58-55-52-49-46-42-23-20-17-14-11-8-5-2/h7,10,16,19-20,23-25,27-28,30-31,33-34,36-37,64H,4-6,8-9,11-15,17-18,21-22,26,29,32,35,38-63H2,1-3H3/b10-7-,19-16-,23-20-,25-24-,28-27-,31-30-,34-33-,37-36-. The Bertz CT molecular complexity index is 1440. The Morgan fingerprint density at radius 2 is 0.534 bits per heavy atom. The maximum absolute atomic E-state index is 12.8. The van der Waals surface area contributed by atoms with Gasteiger partial charge in [-0.3, -0.25) is 14.4 Å². The minimum Gasteiger partial charge on any atom is -0.462 e. The fourth-order valence-electron chi connectivity index (χ4n) is 8.48. The van der Waals surface area contributed by atoms with Crippen molar-refractivity contribution in [2.45, 2.75) is 297 Å². The Morgan fingerprint density at radius 3 is 0.863 bits per heavy atom. The number of hydrogen-bond acceptors (Lipinski definition) is 6. The minimum atomic E-state index is -0.782. The van der Waals surface area contributed by atoms with Crippen molar-refractivity contribution in [1.82, 2.24) is 0 Å². The number of ether oxygens (including phenoxy) is 3. The van der Waals surface area contributed by atoms with E-state index in [1.807, 2.05) is 0 Å². The lowest BCUT2D eigenvalue weighted by Crippen LogP contribution is -2.30. The van der Waals surface area contributed by atoms with Gasteiger partial charge in [-0.1, -0.05) is 266 Å². The van der Waals surface area contributed by atoms with Gasteiger partial charge in [0.15, 0.2) is 6.10 Å². The quantitative estimate of drug-likeness (QED) is 0.0261. The molecular formula is C67H114O6. The van der Waals surface area contributed by atoms with E-state index in [1.54, 1.807) is 0 Å². The number of allylic oxidation sites excluding steroid dienone is 16. The largest absolute Gasteiger partial charge is 0.462 e. The molecule has 0 heterocycles. The van der Waals surface area contributed by atoms with Crippen LogP contribution < -0.4 is 0 Å². The average Bonchev–Trinajstić information content (AvgIpc) is 3.39. The highest BCUT2D eigenvalue weighted by Crippen LogP contribution is 2.15. The molecule has 0 aromatic heterocycles. The van der Waals surface area contributed by atoms with Crippen LogP contribution in [0.4, 0.5) is 0 Å². The summed E-state index contributed by atoms with van der Waals surface area (Å²) in [5.74, 6) is -0.890. The number of unbranched alkanes of at least 4 members (excludes halogenated alkanes) is 28. The third-order valence-corrected chi connectivity index (χ3v) is 13.1. The maximum atomic E-state index is 12.8. The van der Waals surface area contributed by atoms with Crippen molar-refractivity contribution in [3.8, 4) is 0 Å². The zero-order valence-electron chi connectivity index (χ0n) is 47.9. The van der Waals surface area contributed by atoms with Crippen molar-refractivity contribution in [1.29, 1.82) is 0 Å². The molecule has 1 unspecified atom stereocenters. The van der Waals surface area contributed by atoms with E-state index in [0.29, 0.717) is 19.3 Å². The molecule has 0 aromatic carbocycles. The van der Waals surface area contributed by atoms with Gasteiger partial charge in [0, 0.05) is 19.3 Å². The second kappa shape index (κ2) is 60.9. The molecule has 6 heteroatoms. The molecular weight excluding hydrogens is 901 g/mol. The summed E-state index contributed by atoms with van der Waals surface area (Å²) in [6.07, 6.45) is 81.3. The Morgan fingerprint density at radius 1 is 0.288 bits per heavy atom. The summed E-state index contributed by atoms with van der Waals surface area (Å²) >= 11 is 0. The summed E-state index contributed by atoms with van der Waals surface area (Å²) < 4.78 is 16.8. The lowest BCUT2D eigenvalue weighted by molar-refractivity contribution is -0.167. The third kappa shape index (κ3) is 59.1. The van der Waals surface area contributed by atoms with E-state index in [9.17, 15) is 14.4 Å². The van der Waals surface area contributed by atoms with Gasteiger partial charge >= 0.3 is 17.9 Å². The zero-order chi connectivity index (χ0) is 52.9. The molecule has 0 aliphatic heterocycles. The molecule has 0 aliphatic carbocycles. The molecule has 1 atom stereocenters. The van der Waals surface area contributed by atoms with Gasteiger partial charge in [-0.25, -0.2) is 0 Å². The smallest absolute Gasteiger partial charge is 0.306 e. The van der Waals surface area contributed by atoms with Gasteiger partial charge in [-0.05, 0) is 103 Å². The van der Waals surface area contributed by atoms with Gasteiger partial charge in [-0.15, -0.1) is 0 Å². The molecule has 418 valence electrons. The van der Waals surface area contributed by atoms with Gasteiger partial charge in [-0.2, -0.15) is 0 Å². The second-order valence-electron chi connectivity index (χ2n) is 20.2. The van der Waals surface area contributed by atoms with Crippen molar-refractivity contribution < 1.29 is 28.6 Å². The van der Waals surface area contributed by atoms with Crippen LogP contribution in [0.1, 0.15) is 290 Å². The number of hydrogen-bond donors (Lipinski definition) is 0.